The van der Waals surface area contributed by atoms with Crippen molar-refractivity contribution in [1.29, 1.82) is 0 Å². The number of hydrogen-bond acceptors (Lipinski definition) is 5. The molecular weight excluding hydrogens is 454 g/mol. The summed E-state index contributed by atoms with van der Waals surface area (Å²) in [6, 6.07) is 23.2. The lowest BCUT2D eigenvalue weighted by molar-refractivity contribution is -0.125. The van der Waals surface area contributed by atoms with Gasteiger partial charge >= 0.3 is 6.09 Å². The van der Waals surface area contributed by atoms with E-state index in [2.05, 4.69) is 15.6 Å². The highest BCUT2D eigenvalue weighted by Gasteiger charge is 2.29. The van der Waals surface area contributed by atoms with Gasteiger partial charge in [-0.3, -0.25) is 9.78 Å². The van der Waals surface area contributed by atoms with Gasteiger partial charge in [0.05, 0.1) is 11.7 Å². The van der Waals surface area contributed by atoms with Crippen LogP contribution in [0.1, 0.15) is 49.6 Å². The molecule has 0 aliphatic carbocycles. The molecule has 0 fully saturated rings. The summed E-state index contributed by atoms with van der Waals surface area (Å²) >= 11 is 0. The van der Waals surface area contributed by atoms with Crippen LogP contribution < -0.4 is 10.6 Å². The minimum atomic E-state index is -0.997. The predicted octanol–water partition coefficient (Wildman–Crippen LogP) is 4.57. The van der Waals surface area contributed by atoms with E-state index in [1.807, 2.05) is 74.5 Å². The van der Waals surface area contributed by atoms with Crippen LogP contribution in [0.15, 0.2) is 85.1 Å². The van der Waals surface area contributed by atoms with E-state index in [1.165, 1.54) is 0 Å². The van der Waals surface area contributed by atoms with E-state index in [9.17, 15) is 14.7 Å². The number of carbonyl (C=O) groups excluding carboxylic acids is 2. The van der Waals surface area contributed by atoms with Gasteiger partial charge in [-0.1, -0.05) is 80.6 Å². The van der Waals surface area contributed by atoms with Crippen LogP contribution in [-0.2, 0) is 22.6 Å². The average Bonchev–Trinajstić information content (AvgIpc) is 2.90. The second-order valence-corrected chi connectivity index (χ2v) is 9.23. The summed E-state index contributed by atoms with van der Waals surface area (Å²) in [6.45, 7) is 4.07. The molecular formula is C29H35N3O4. The van der Waals surface area contributed by atoms with E-state index < -0.39 is 24.3 Å². The highest BCUT2D eigenvalue weighted by Crippen LogP contribution is 2.19. The van der Waals surface area contributed by atoms with Crippen LogP contribution in [0, 0.1) is 5.92 Å². The molecule has 36 heavy (non-hydrogen) atoms. The molecule has 3 N–H and O–H groups in total. The number of aliphatic hydroxyl groups is 1. The molecule has 0 saturated carbocycles. The SMILES string of the molecule is CC(C)C[C@H](NC(=O)OCc1ccccc1)C(=O)N[C@@H](CCc1ccccc1)C(O)c1ccccn1. The molecule has 3 aromatic rings. The van der Waals surface area contributed by atoms with Crippen molar-refractivity contribution in [3.63, 3.8) is 0 Å². The largest absolute Gasteiger partial charge is 0.445 e. The Morgan fingerprint density at radius 1 is 0.889 bits per heavy atom. The maximum Gasteiger partial charge on any atom is 0.408 e. The van der Waals surface area contributed by atoms with Gasteiger partial charge in [0, 0.05) is 6.20 Å². The van der Waals surface area contributed by atoms with Gasteiger partial charge in [0.15, 0.2) is 0 Å². The van der Waals surface area contributed by atoms with E-state index in [1.54, 1.807) is 24.4 Å². The summed E-state index contributed by atoms with van der Waals surface area (Å²) in [6.07, 6.45) is 1.55. The fraction of sp³-hybridized carbons (Fsp3) is 0.345. The first-order valence-corrected chi connectivity index (χ1v) is 12.3. The quantitative estimate of drug-likeness (QED) is 0.346. The number of nitrogens with one attached hydrogen (secondary N) is 2. The van der Waals surface area contributed by atoms with E-state index in [-0.39, 0.29) is 18.4 Å². The molecule has 1 heterocycles. The minimum Gasteiger partial charge on any atom is -0.445 e. The summed E-state index contributed by atoms with van der Waals surface area (Å²) in [5.74, 6) is -0.216. The van der Waals surface area contributed by atoms with Crippen molar-refractivity contribution in [3.05, 3.63) is 102 Å². The first-order valence-electron chi connectivity index (χ1n) is 12.3. The third-order valence-corrected chi connectivity index (χ3v) is 5.81. The Balaban J connectivity index is 1.68. The van der Waals surface area contributed by atoms with Gasteiger partial charge in [0.2, 0.25) is 5.91 Å². The van der Waals surface area contributed by atoms with Gasteiger partial charge in [-0.05, 0) is 48.4 Å². The number of hydrogen-bond donors (Lipinski definition) is 3. The number of aryl methyl sites for hydroxylation is 1. The number of nitrogens with zero attached hydrogens (tertiary/aromatic N) is 1. The van der Waals surface area contributed by atoms with Crippen molar-refractivity contribution in [1.82, 2.24) is 15.6 Å². The molecule has 0 radical (unpaired) electrons. The van der Waals surface area contributed by atoms with Crippen molar-refractivity contribution in [3.8, 4) is 0 Å². The number of rotatable bonds is 12. The lowest BCUT2D eigenvalue weighted by Gasteiger charge is -2.27. The lowest BCUT2D eigenvalue weighted by atomic mass is 9.97. The van der Waals surface area contributed by atoms with Crippen LogP contribution in [0.25, 0.3) is 0 Å². The zero-order valence-corrected chi connectivity index (χ0v) is 20.8. The van der Waals surface area contributed by atoms with Gasteiger partial charge < -0.3 is 20.5 Å². The molecule has 0 spiro atoms. The summed E-state index contributed by atoms with van der Waals surface area (Å²) in [5.41, 5.74) is 2.44. The van der Waals surface area contributed by atoms with Crippen LogP contribution in [0.3, 0.4) is 0 Å². The Morgan fingerprint density at radius 3 is 2.14 bits per heavy atom. The normalized spacial score (nSPS) is 13.4. The molecule has 1 aromatic heterocycles. The van der Waals surface area contributed by atoms with Crippen molar-refractivity contribution in [2.24, 2.45) is 5.92 Å². The van der Waals surface area contributed by atoms with E-state index in [4.69, 9.17) is 4.74 Å². The van der Waals surface area contributed by atoms with E-state index >= 15 is 0 Å². The van der Waals surface area contributed by atoms with Crippen LogP contribution in [0.2, 0.25) is 0 Å². The Morgan fingerprint density at radius 2 is 1.53 bits per heavy atom. The maximum absolute atomic E-state index is 13.3. The van der Waals surface area contributed by atoms with Gasteiger partial charge in [-0.15, -0.1) is 0 Å². The second-order valence-electron chi connectivity index (χ2n) is 9.23. The Hall–Kier alpha value is -3.71. The molecule has 2 amide bonds. The van der Waals surface area contributed by atoms with Crippen LogP contribution in [-0.4, -0.2) is 34.2 Å². The highest BCUT2D eigenvalue weighted by atomic mass is 16.5. The fourth-order valence-electron chi connectivity index (χ4n) is 3.93. The molecule has 0 aliphatic heterocycles. The van der Waals surface area contributed by atoms with E-state index in [0.717, 1.165) is 11.1 Å². The van der Waals surface area contributed by atoms with Crippen molar-refractivity contribution in [2.75, 3.05) is 0 Å². The third-order valence-electron chi connectivity index (χ3n) is 5.81. The second kappa shape index (κ2) is 14.0. The average molecular weight is 490 g/mol. The van der Waals surface area contributed by atoms with Crippen LogP contribution in [0.4, 0.5) is 4.79 Å². The Labute approximate surface area is 212 Å². The summed E-state index contributed by atoms with van der Waals surface area (Å²) in [4.78, 5) is 30.1. The molecule has 0 saturated heterocycles. The molecule has 7 nitrogen and oxygen atoms in total. The first kappa shape index (κ1) is 26.9. The zero-order valence-electron chi connectivity index (χ0n) is 20.8. The number of carbonyl (C=O) groups is 2. The van der Waals surface area contributed by atoms with E-state index in [0.29, 0.717) is 25.0 Å². The zero-order chi connectivity index (χ0) is 25.8. The van der Waals surface area contributed by atoms with Crippen molar-refractivity contribution < 1.29 is 19.4 Å². The summed E-state index contributed by atoms with van der Waals surface area (Å²) < 4.78 is 5.33. The first-order chi connectivity index (χ1) is 17.4. The Kier molecular flexibility index (Phi) is 10.5. The van der Waals surface area contributed by atoms with Gasteiger partial charge in [-0.2, -0.15) is 0 Å². The molecule has 3 rings (SSSR count). The number of alkyl carbamates (subject to hydrolysis) is 1. The molecule has 1 unspecified atom stereocenters. The lowest BCUT2D eigenvalue weighted by Crippen LogP contribution is -2.51. The predicted molar refractivity (Wildman–Crippen MR) is 139 cm³/mol. The number of aliphatic hydroxyl groups excluding tert-OH is 1. The topological polar surface area (TPSA) is 101 Å². The number of ether oxygens (including phenoxy) is 1. The Bertz CT molecular complexity index is 1060. The van der Waals surface area contributed by atoms with Gasteiger partial charge in [0.25, 0.3) is 0 Å². The number of benzene rings is 2. The van der Waals surface area contributed by atoms with Crippen molar-refractivity contribution >= 4 is 12.0 Å². The van der Waals surface area contributed by atoms with Crippen LogP contribution in [0.5, 0.6) is 0 Å². The molecule has 0 aliphatic rings. The third kappa shape index (κ3) is 8.82. The van der Waals surface area contributed by atoms with Crippen LogP contribution >= 0.6 is 0 Å². The van der Waals surface area contributed by atoms with Crippen molar-refractivity contribution in [2.45, 2.75) is 57.9 Å². The van der Waals surface area contributed by atoms with Gasteiger partial charge in [-0.25, -0.2) is 4.79 Å². The molecule has 7 heteroatoms. The standard InChI is InChI=1S/C29H35N3O4/c1-21(2)19-26(32-29(35)36-20-23-13-7-4-8-14-23)28(34)31-25(17-16-22-11-5-3-6-12-22)27(33)24-15-9-10-18-30-24/h3-15,18,21,25-27,33H,16-17,19-20H2,1-2H3,(H,31,34)(H,32,35)/t25-,26-,27?/m0/s1. The smallest absolute Gasteiger partial charge is 0.408 e. The van der Waals surface area contributed by atoms with Gasteiger partial charge in [0.1, 0.15) is 18.8 Å². The molecule has 0 bridgehead atoms. The summed E-state index contributed by atoms with van der Waals surface area (Å²) in [5, 5.41) is 16.8. The molecule has 190 valence electrons. The number of amides is 2. The number of aromatic nitrogens is 1. The fourth-order valence-corrected chi connectivity index (χ4v) is 3.93. The molecule has 3 atom stereocenters. The molecule has 2 aromatic carbocycles. The maximum atomic E-state index is 13.3. The summed E-state index contributed by atoms with van der Waals surface area (Å²) in [7, 11) is 0. The number of pyridine rings is 1. The minimum absolute atomic E-state index is 0.112. The highest BCUT2D eigenvalue weighted by molar-refractivity contribution is 5.85. The monoisotopic (exact) mass is 489 g/mol.